The first-order valence-corrected chi connectivity index (χ1v) is 5.80. The molecule has 1 aliphatic carbocycles. The van der Waals surface area contributed by atoms with Gasteiger partial charge in [0, 0.05) is 23.5 Å². The molecular formula is C13H15NO5. The molecule has 102 valence electrons. The molecule has 1 atom stereocenters. The number of ether oxygens (including phenoxy) is 2. The Morgan fingerprint density at radius 2 is 2.16 bits per heavy atom. The van der Waals surface area contributed by atoms with E-state index in [1.165, 1.54) is 14.2 Å². The standard InChI is InChI=1S/C13H15NO5/c1-18-10-4-3-8-9(14-17)5-7(6-11(15)16)12(8)13(10)19-2/h3-4,7,17H,5-6H2,1-2H3,(H,15,16)/b14-9-. The summed E-state index contributed by atoms with van der Waals surface area (Å²) in [5.74, 6) is -0.135. The van der Waals surface area contributed by atoms with Gasteiger partial charge in [0.05, 0.1) is 26.4 Å². The Kier molecular flexibility index (Phi) is 3.59. The van der Waals surface area contributed by atoms with Crippen molar-refractivity contribution in [1.29, 1.82) is 0 Å². The van der Waals surface area contributed by atoms with Gasteiger partial charge in [-0.2, -0.15) is 0 Å². The zero-order valence-electron chi connectivity index (χ0n) is 10.7. The third-order valence-electron chi connectivity index (χ3n) is 3.28. The van der Waals surface area contributed by atoms with E-state index >= 15 is 0 Å². The topological polar surface area (TPSA) is 88.4 Å². The summed E-state index contributed by atoms with van der Waals surface area (Å²) in [5.41, 5.74) is 1.92. The van der Waals surface area contributed by atoms with Crippen LogP contribution in [0.15, 0.2) is 17.3 Å². The van der Waals surface area contributed by atoms with Gasteiger partial charge in [-0.3, -0.25) is 4.79 Å². The van der Waals surface area contributed by atoms with Crippen molar-refractivity contribution in [3.05, 3.63) is 23.3 Å². The molecule has 1 unspecified atom stereocenters. The first kappa shape index (κ1) is 13.2. The molecule has 1 aromatic rings. The van der Waals surface area contributed by atoms with E-state index in [1.807, 2.05) is 0 Å². The van der Waals surface area contributed by atoms with Crippen LogP contribution in [0.25, 0.3) is 0 Å². The second-order valence-electron chi connectivity index (χ2n) is 4.31. The van der Waals surface area contributed by atoms with E-state index in [2.05, 4.69) is 5.16 Å². The van der Waals surface area contributed by atoms with Crippen molar-refractivity contribution in [3.8, 4) is 11.5 Å². The number of methoxy groups -OCH3 is 2. The number of carboxylic acid groups (broad SMARTS) is 1. The van der Waals surface area contributed by atoms with Crippen LogP contribution in [0.2, 0.25) is 0 Å². The highest BCUT2D eigenvalue weighted by Crippen LogP contribution is 2.45. The van der Waals surface area contributed by atoms with Crippen molar-refractivity contribution >= 4 is 11.7 Å². The van der Waals surface area contributed by atoms with Gasteiger partial charge in [-0.05, 0) is 12.1 Å². The predicted molar refractivity (Wildman–Crippen MR) is 67.5 cm³/mol. The lowest BCUT2D eigenvalue weighted by Gasteiger charge is -2.15. The van der Waals surface area contributed by atoms with Crippen molar-refractivity contribution in [2.45, 2.75) is 18.8 Å². The molecule has 0 radical (unpaired) electrons. The predicted octanol–water partition coefficient (Wildman–Crippen LogP) is 1.84. The van der Waals surface area contributed by atoms with Crippen molar-refractivity contribution < 1.29 is 24.6 Å². The number of hydrogen-bond donors (Lipinski definition) is 2. The van der Waals surface area contributed by atoms with Crippen molar-refractivity contribution in [2.24, 2.45) is 5.16 Å². The van der Waals surface area contributed by atoms with Gasteiger partial charge in [0.25, 0.3) is 0 Å². The molecule has 0 spiro atoms. The molecule has 0 aromatic heterocycles. The van der Waals surface area contributed by atoms with Gasteiger partial charge in [0.1, 0.15) is 0 Å². The van der Waals surface area contributed by atoms with Gasteiger partial charge >= 0.3 is 5.97 Å². The Morgan fingerprint density at radius 1 is 1.42 bits per heavy atom. The van der Waals surface area contributed by atoms with Crippen LogP contribution < -0.4 is 9.47 Å². The average molecular weight is 265 g/mol. The normalized spacial score (nSPS) is 19.3. The highest BCUT2D eigenvalue weighted by atomic mass is 16.5. The van der Waals surface area contributed by atoms with Gasteiger partial charge < -0.3 is 19.8 Å². The van der Waals surface area contributed by atoms with Crippen LogP contribution >= 0.6 is 0 Å². The van der Waals surface area contributed by atoms with E-state index in [-0.39, 0.29) is 12.3 Å². The minimum absolute atomic E-state index is 0.0461. The quantitative estimate of drug-likeness (QED) is 0.640. The summed E-state index contributed by atoms with van der Waals surface area (Å²) >= 11 is 0. The lowest BCUT2D eigenvalue weighted by atomic mass is 9.96. The summed E-state index contributed by atoms with van der Waals surface area (Å²) < 4.78 is 10.5. The molecule has 2 rings (SSSR count). The summed E-state index contributed by atoms with van der Waals surface area (Å²) in [6, 6.07) is 3.47. The molecule has 0 heterocycles. The molecule has 0 bridgehead atoms. The highest BCUT2D eigenvalue weighted by molar-refractivity contribution is 6.06. The largest absolute Gasteiger partial charge is 0.493 e. The fourth-order valence-electron chi connectivity index (χ4n) is 2.53. The monoisotopic (exact) mass is 265 g/mol. The molecule has 19 heavy (non-hydrogen) atoms. The van der Waals surface area contributed by atoms with E-state index in [0.717, 1.165) is 5.56 Å². The van der Waals surface area contributed by atoms with Crippen LogP contribution in [0.5, 0.6) is 11.5 Å². The van der Waals surface area contributed by atoms with Crippen molar-refractivity contribution in [2.75, 3.05) is 14.2 Å². The Bertz CT molecular complexity index is 538. The molecule has 6 heteroatoms. The fraction of sp³-hybridized carbons (Fsp3) is 0.385. The number of rotatable bonds is 4. The minimum Gasteiger partial charge on any atom is -0.493 e. The number of fused-ring (bicyclic) bond motifs is 1. The number of nitrogens with zero attached hydrogens (tertiary/aromatic N) is 1. The highest BCUT2D eigenvalue weighted by Gasteiger charge is 2.34. The summed E-state index contributed by atoms with van der Waals surface area (Å²) in [6.07, 6.45) is 0.331. The maximum atomic E-state index is 10.9. The smallest absolute Gasteiger partial charge is 0.303 e. The summed E-state index contributed by atoms with van der Waals surface area (Å²) in [6.45, 7) is 0. The molecule has 6 nitrogen and oxygen atoms in total. The third-order valence-corrected chi connectivity index (χ3v) is 3.28. The Morgan fingerprint density at radius 3 is 2.68 bits per heavy atom. The SMILES string of the molecule is COc1ccc2c(c1OC)C(CC(=O)O)C/C2=N/O. The third kappa shape index (κ3) is 2.21. The minimum atomic E-state index is -0.903. The first-order chi connectivity index (χ1) is 9.12. The number of hydrogen-bond acceptors (Lipinski definition) is 5. The second-order valence-corrected chi connectivity index (χ2v) is 4.31. The van der Waals surface area contributed by atoms with Gasteiger partial charge in [-0.1, -0.05) is 5.16 Å². The van der Waals surface area contributed by atoms with Gasteiger partial charge in [-0.25, -0.2) is 0 Å². The van der Waals surface area contributed by atoms with E-state index in [1.54, 1.807) is 12.1 Å². The number of carbonyl (C=O) groups is 1. The van der Waals surface area contributed by atoms with Crippen LogP contribution in [0, 0.1) is 0 Å². The molecule has 0 amide bonds. The zero-order chi connectivity index (χ0) is 14.0. The lowest BCUT2D eigenvalue weighted by Crippen LogP contribution is -2.05. The van der Waals surface area contributed by atoms with Crippen LogP contribution in [0.1, 0.15) is 29.9 Å². The molecule has 1 aliphatic rings. The van der Waals surface area contributed by atoms with Gasteiger partial charge in [0.2, 0.25) is 0 Å². The number of carboxylic acids is 1. The van der Waals surface area contributed by atoms with Crippen molar-refractivity contribution in [3.63, 3.8) is 0 Å². The Labute approximate surface area is 110 Å². The van der Waals surface area contributed by atoms with E-state index in [4.69, 9.17) is 19.8 Å². The van der Waals surface area contributed by atoms with Crippen LogP contribution in [-0.2, 0) is 4.79 Å². The van der Waals surface area contributed by atoms with Gasteiger partial charge in [0.15, 0.2) is 11.5 Å². The molecular weight excluding hydrogens is 250 g/mol. The summed E-state index contributed by atoms with van der Waals surface area (Å²) in [7, 11) is 3.02. The van der Waals surface area contributed by atoms with E-state index < -0.39 is 5.97 Å². The number of aliphatic carboxylic acids is 1. The van der Waals surface area contributed by atoms with E-state index in [9.17, 15) is 4.79 Å². The maximum absolute atomic E-state index is 10.9. The van der Waals surface area contributed by atoms with Crippen molar-refractivity contribution in [1.82, 2.24) is 0 Å². The molecule has 0 saturated carbocycles. The number of benzene rings is 1. The molecule has 1 aromatic carbocycles. The molecule has 0 aliphatic heterocycles. The fourth-order valence-corrected chi connectivity index (χ4v) is 2.53. The Balaban J connectivity index is 2.58. The zero-order valence-corrected chi connectivity index (χ0v) is 10.7. The molecule has 2 N–H and O–H groups in total. The lowest BCUT2D eigenvalue weighted by molar-refractivity contribution is -0.137. The molecule has 0 saturated heterocycles. The summed E-state index contributed by atoms with van der Waals surface area (Å²) in [5, 5.41) is 21.2. The van der Waals surface area contributed by atoms with Gasteiger partial charge in [-0.15, -0.1) is 0 Å². The number of oxime groups is 1. The first-order valence-electron chi connectivity index (χ1n) is 5.80. The summed E-state index contributed by atoms with van der Waals surface area (Å²) in [4.78, 5) is 10.9. The van der Waals surface area contributed by atoms with Crippen LogP contribution in [0.3, 0.4) is 0 Å². The average Bonchev–Trinajstić information content (AvgIpc) is 2.75. The Hall–Kier alpha value is -2.24. The van der Waals surface area contributed by atoms with E-state index in [0.29, 0.717) is 29.2 Å². The molecule has 0 fully saturated rings. The van der Waals surface area contributed by atoms with Crippen LogP contribution in [0.4, 0.5) is 0 Å². The second kappa shape index (κ2) is 5.17. The maximum Gasteiger partial charge on any atom is 0.303 e. The van der Waals surface area contributed by atoms with Crippen LogP contribution in [-0.4, -0.2) is 36.2 Å².